The highest BCUT2D eigenvalue weighted by Gasteiger charge is 2.19. The molecule has 1 amide bonds. The summed E-state index contributed by atoms with van der Waals surface area (Å²) in [5.74, 6) is 1.52. The number of morpholine rings is 1. The molecule has 12 heteroatoms. The number of carbonyl (C=O) groups is 1. The fraction of sp³-hybridized carbons (Fsp3) is 0.615. The molecular weight excluding hydrogens is 488 g/mol. The molecule has 2 aliphatic rings. The van der Waals surface area contributed by atoms with E-state index in [0.29, 0.717) is 82.2 Å². The van der Waals surface area contributed by atoms with Gasteiger partial charge in [-0.1, -0.05) is 19.3 Å². The minimum Gasteiger partial charge on any atom is -0.378 e. The van der Waals surface area contributed by atoms with Crippen molar-refractivity contribution in [3.8, 4) is 0 Å². The standard InChI is InChI=1S/C26H40N8O4/c27-10-14-36-18-19-37-15-11-28-23(35)20-6-8-22(9-7-20)30-25-31-24(29-21-4-2-1-3-5-21)32-26(33-25)34-12-16-38-17-13-34/h6-9,21H,1-5,10-19,27H2,(H,28,35)(H2,29,30,31,32,33). The Kier molecular flexibility index (Phi) is 11.3. The molecule has 0 spiro atoms. The number of nitrogens with two attached hydrogens (primary N) is 1. The molecule has 38 heavy (non-hydrogen) atoms. The molecule has 1 aliphatic heterocycles. The summed E-state index contributed by atoms with van der Waals surface area (Å²) in [4.78, 5) is 28.6. The zero-order valence-electron chi connectivity index (χ0n) is 22.0. The summed E-state index contributed by atoms with van der Waals surface area (Å²) < 4.78 is 16.2. The van der Waals surface area contributed by atoms with Gasteiger partial charge in [0.05, 0.1) is 39.6 Å². The number of rotatable bonds is 14. The number of aromatic nitrogens is 3. The number of anilines is 4. The van der Waals surface area contributed by atoms with Crippen molar-refractivity contribution in [3.05, 3.63) is 29.8 Å². The van der Waals surface area contributed by atoms with E-state index in [-0.39, 0.29) is 5.91 Å². The van der Waals surface area contributed by atoms with E-state index < -0.39 is 0 Å². The summed E-state index contributed by atoms with van der Waals surface area (Å²) in [6.07, 6.45) is 5.98. The van der Waals surface area contributed by atoms with Crippen molar-refractivity contribution in [3.63, 3.8) is 0 Å². The van der Waals surface area contributed by atoms with Crippen LogP contribution in [0.4, 0.5) is 23.5 Å². The summed E-state index contributed by atoms with van der Waals surface area (Å²) in [7, 11) is 0. The Bertz CT molecular complexity index is 982. The Labute approximate surface area is 224 Å². The topological polar surface area (TPSA) is 149 Å². The van der Waals surface area contributed by atoms with Crippen molar-refractivity contribution in [2.24, 2.45) is 5.73 Å². The van der Waals surface area contributed by atoms with E-state index in [1.165, 1.54) is 19.3 Å². The first-order valence-electron chi connectivity index (χ1n) is 13.6. The molecule has 1 saturated heterocycles. The molecular formula is C26H40N8O4. The lowest BCUT2D eigenvalue weighted by Gasteiger charge is -2.28. The molecule has 0 radical (unpaired) electrons. The fourth-order valence-electron chi connectivity index (χ4n) is 4.40. The van der Waals surface area contributed by atoms with Crippen molar-refractivity contribution in [1.29, 1.82) is 0 Å². The van der Waals surface area contributed by atoms with E-state index in [1.807, 2.05) is 12.1 Å². The molecule has 0 bridgehead atoms. The van der Waals surface area contributed by atoms with Gasteiger partial charge in [0.15, 0.2) is 0 Å². The molecule has 1 aliphatic carbocycles. The Morgan fingerprint density at radius 2 is 1.66 bits per heavy atom. The van der Waals surface area contributed by atoms with Gasteiger partial charge in [0.25, 0.3) is 5.91 Å². The molecule has 0 unspecified atom stereocenters. The summed E-state index contributed by atoms with van der Waals surface area (Å²) in [5.41, 5.74) is 6.71. The van der Waals surface area contributed by atoms with Gasteiger partial charge in [-0.25, -0.2) is 0 Å². The first-order chi connectivity index (χ1) is 18.7. The Morgan fingerprint density at radius 1 is 0.947 bits per heavy atom. The molecule has 0 atom stereocenters. The summed E-state index contributed by atoms with van der Waals surface area (Å²) in [6.45, 7) is 5.59. The van der Waals surface area contributed by atoms with Crippen LogP contribution in [0.25, 0.3) is 0 Å². The third-order valence-corrected chi connectivity index (χ3v) is 6.43. The summed E-state index contributed by atoms with van der Waals surface area (Å²) >= 11 is 0. The van der Waals surface area contributed by atoms with Gasteiger partial charge in [-0.15, -0.1) is 0 Å². The van der Waals surface area contributed by atoms with Gasteiger partial charge in [-0.05, 0) is 37.1 Å². The van der Waals surface area contributed by atoms with Crippen LogP contribution in [-0.2, 0) is 14.2 Å². The minimum absolute atomic E-state index is 0.159. The van der Waals surface area contributed by atoms with E-state index in [1.54, 1.807) is 12.1 Å². The zero-order valence-corrected chi connectivity index (χ0v) is 22.0. The monoisotopic (exact) mass is 528 g/mol. The van der Waals surface area contributed by atoms with Crippen molar-refractivity contribution in [2.75, 3.05) is 81.4 Å². The van der Waals surface area contributed by atoms with Gasteiger partial charge in [0.1, 0.15) is 0 Å². The van der Waals surface area contributed by atoms with E-state index in [9.17, 15) is 4.79 Å². The van der Waals surface area contributed by atoms with Gasteiger partial charge < -0.3 is 40.8 Å². The molecule has 2 aromatic rings. The first kappa shape index (κ1) is 28.0. The van der Waals surface area contributed by atoms with Crippen LogP contribution in [0.15, 0.2) is 24.3 Å². The average molecular weight is 529 g/mol. The number of benzene rings is 1. The lowest BCUT2D eigenvalue weighted by atomic mass is 9.96. The molecule has 1 aromatic carbocycles. The number of carbonyl (C=O) groups excluding carboxylic acids is 1. The van der Waals surface area contributed by atoms with E-state index >= 15 is 0 Å². The summed E-state index contributed by atoms with van der Waals surface area (Å²) in [6, 6.07) is 7.60. The number of nitrogens with one attached hydrogen (secondary N) is 3. The number of ether oxygens (including phenoxy) is 3. The number of hydrogen-bond donors (Lipinski definition) is 4. The quantitative estimate of drug-likeness (QED) is 0.266. The predicted octanol–water partition coefficient (Wildman–Crippen LogP) is 1.92. The molecule has 2 fully saturated rings. The normalized spacial score (nSPS) is 16.3. The van der Waals surface area contributed by atoms with Gasteiger partial charge in [0.2, 0.25) is 17.8 Å². The van der Waals surface area contributed by atoms with Crippen LogP contribution < -0.4 is 26.6 Å². The van der Waals surface area contributed by atoms with E-state index in [4.69, 9.17) is 24.9 Å². The van der Waals surface area contributed by atoms with Crippen LogP contribution in [0, 0.1) is 0 Å². The second-order valence-corrected chi connectivity index (χ2v) is 9.33. The molecule has 208 valence electrons. The molecule has 2 heterocycles. The number of hydrogen-bond acceptors (Lipinski definition) is 11. The van der Waals surface area contributed by atoms with Gasteiger partial charge in [-0.3, -0.25) is 4.79 Å². The highest BCUT2D eigenvalue weighted by Crippen LogP contribution is 2.23. The molecule has 4 rings (SSSR count). The number of nitrogens with zero attached hydrogens (tertiary/aromatic N) is 4. The largest absolute Gasteiger partial charge is 0.378 e. The SMILES string of the molecule is NCCOCCOCCNC(=O)c1ccc(Nc2nc(NC3CCCCC3)nc(N3CCOCC3)n2)cc1. The zero-order chi connectivity index (χ0) is 26.4. The van der Waals surface area contributed by atoms with Gasteiger partial charge >= 0.3 is 0 Å². The minimum atomic E-state index is -0.159. The lowest BCUT2D eigenvalue weighted by Crippen LogP contribution is -2.37. The van der Waals surface area contributed by atoms with Gasteiger partial charge in [-0.2, -0.15) is 15.0 Å². The fourth-order valence-corrected chi connectivity index (χ4v) is 4.40. The summed E-state index contributed by atoms with van der Waals surface area (Å²) in [5, 5.41) is 9.65. The molecule has 5 N–H and O–H groups in total. The predicted molar refractivity (Wildman–Crippen MR) is 146 cm³/mol. The third kappa shape index (κ3) is 9.05. The van der Waals surface area contributed by atoms with Crippen LogP contribution >= 0.6 is 0 Å². The van der Waals surface area contributed by atoms with Crippen LogP contribution in [0.5, 0.6) is 0 Å². The third-order valence-electron chi connectivity index (χ3n) is 6.43. The highest BCUT2D eigenvalue weighted by molar-refractivity contribution is 5.94. The van der Waals surface area contributed by atoms with E-state index in [0.717, 1.165) is 31.6 Å². The molecule has 1 saturated carbocycles. The second-order valence-electron chi connectivity index (χ2n) is 9.33. The maximum Gasteiger partial charge on any atom is 0.251 e. The van der Waals surface area contributed by atoms with Crippen LogP contribution in [0.3, 0.4) is 0 Å². The Balaban J connectivity index is 1.32. The van der Waals surface area contributed by atoms with Crippen LogP contribution in [-0.4, -0.2) is 92.7 Å². The van der Waals surface area contributed by atoms with Crippen molar-refractivity contribution < 1.29 is 19.0 Å². The number of amides is 1. The molecule has 12 nitrogen and oxygen atoms in total. The lowest BCUT2D eigenvalue weighted by molar-refractivity contribution is 0.0511. The maximum absolute atomic E-state index is 12.5. The highest BCUT2D eigenvalue weighted by atomic mass is 16.5. The first-order valence-corrected chi connectivity index (χ1v) is 13.6. The Morgan fingerprint density at radius 3 is 2.39 bits per heavy atom. The van der Waals surface area contributed by atoms with Crippen molar-refractivity contribution in [2.45, 2.75) is 38.1 Å². The van der Waals surface area contributed by atoms with E-state index in [2.05, 4.69) is 30.8 Å². The maximum atomic E-state index is 12.5. The molecule has 1 aromatic heterocycles. The van der Waals surface area contributed by atoms with Crippen LogP contribution in [0.1, 0.15) is 42.5 Å². The van der Waals surface area contributed by atoms with Crippen LogP contribution in [0.2, 0.25) is 0 Å². The van der Waals surface area contributed by atoms with Crippen molar-refractivity contribution in [1.82, 2.24) is 20.3 Å². The van der Waals surface area contributed by atoms with Crippen molar-refractivity contribution >= 4 is 29.4 Å². The van der Waals surface area contributed by atoms with Gasteiger partial charge in [0, 0.05) is 43.5 Å². The Hall–Kier alpha value is -3.06. The smallest absolute Gasteiger partial charge is 0.251 e. The second kappa shape index (κ2) is 15.4. The average Bonchev–Trinajstić information content (AvgIpc) is 2.95.